The Morgan fingerprint density at radius 3 is 2.80 bits per heavy atom. The van der Waals surface area contributed by atoms with Gasteiger partial charge >= 0.3 is 0 Å². The highest BCUT2D eigenvalue weighted by atomic mass is 32.2. The average molecular weight is 220 g/mol. The molecule has 2 aromatic heterocycles. The van der Waals surface area contributed by atoms with E-state index in [1.165, 1.54) is 0 Å². The van der Waals surface area contributed by atoms with Crippen LogP contribution in [0.15, 0.2) is 39.8 Å². The van der Waals surface area contributed by atoms with Crippen LogP contribution in [0.3, 0.4) is 0 Å². The zero-order valence-electron chi connectivity index (χ0n) is 8.43. The van der Waals surface area contributed by atoms with Crippen LogP contribution in [-0.2, 0) is 5.75 Å². The van der Waals surface area contributed by atoms with E-state index in [1.54, 1.807) is 24.0 Å². The third-order valence-electron chi connectivity index (χ3n) is 1.94. The highest BCUT2D eigenvalue weighted by Gasteiger charge is 2.00. The summed E-state index contributed by atoms with van der Waals surface area (Å²) in [4.78, 5) is 5.12. The summed E-state index contributed by atoms with van der Waals surface area (Å²) in [6.45, 7) is 1.94. The molecule has 0 unspecified atom stereocenters. The lowest BCUT2D eigenvalue weighted by Crippen LogP contribution is -1.88. The zero-order valence-corrected chi connectivity index (χ0v) is 9.25. The molecule has 0 saturated carbocycles. The molecule has 2 aromatic rings. The SMILES string of the molecule is Cc1ccc(CSc2ccc(N)nc2)o1. The third kappa shape index (κ3) is 2.76. The standard InChI is InChI=1S/C11H12N2OS/c1-8-2-3-9(14-8)7-15-10-4-5-11(12)13-6-10/h2-6H,7H2,1H3,(H2,12,13). The second kappa shape index (κ2) is 4.40. The molecule has 15 heavy (non-hydrogen) atoms. The quantitative estimate of drug-likeness (QED) is 0.808. The van der Waals surface area contributed by atoms with Gasteiger partial charge in [0.2, 0.25) is 0 Å². The van der Waals surface area contributed by atoms with Crippen LogP contribution in [0.25, 0.3) is 0 Å². The number of thioether (sulfide) groups is 1. The summed E-state index contributed by atoms with van der Waals surface area (Å²) in [5.41, 5.74) is 5.50. The van der Waals surface area contributed by atoms with Gasteiger partial charge in [0.15, 0.2) is 0 Å². The molecule has 2 rings (SSSR count). The van der Waals surface area contributed by atoms with Crippen molar-refractivity contribution in [3.8, 4) is 0 Å². The highest BCUT2D eigenvalue weighted by molar-refractivity contribution is 7.98. The normalized spacial score (nSPS) is 10.5. The Kier molecular flexibility index (Phi) is 2.97. The largest absolute Gasteiger partial charge is 0.465 e. The van der Waals surface area contributed by atoms with Crippen molar-refractivity contribution in [3.63, 3.8) is 0 Å². The van der Waals surface area contributed by atoms with Gasteiger partial charge in [0, 0.05) is 11.1 Å². The van der Waals surface area contributed by atoms with Crippen molar-refractivity contribution >= 4 is 17.6 Å². The van der Waals surface area contributed by atoms with E-state index in [9.17, 15) is 0 Å². The Hall–Kier alpha value is -1.42. The van der Waals surface area contributed by atoms with Gasteiger partial charge < -0.3 is 10.2 Å². The number of hydrogen-bond donors (Lipinski definition) is 1. The number of nitrogens with zero attached hydrogens (tertiary/aromatic N) is 1. The van der Waals surface area contributed by atoms with Crippen molar-refractivity contribution in [2.24, 2.45) is 0 Å². The molecule has 0 radical (unpaired) electrons. The van der Waals surface area contributed by atoms with Gasteiger partial charge in [0.1, 0.15) is 17.3 Å². The summed E-state index contributed by atoms with van der Waals surface area (Å²) in [6.07, 6.45) is 1.77. The van der Waals surface area contributed by atoms with E-state index in [0.29, 0.717) is 5.82 Å². The first-order valence-corrected chi connectivity index (χ1v) is 5.62. The van der Waals surface area contributed by atoms with Crippen molar-refractivity contribution in [1.82, 2.24) is 4.98 Å². The molecule has 0 fully saturated rings. The Labute approximate surface area is 92.7 Å². The first-order chi connectivity index (χ1) is 7.24. The van der Waals surface area contributed by atoms with E-state index in [2.05, 4.69) is 4.98 Å². The van der Waals surface area contributed by atoms with Crippen LogP contribution in [-0.4, -0.2) is 4.98 Å². The number of anilines is 1. The smallest absolute Gasteiger partial charge is 0.123 e. The van der Waals surface area contributed by atoms with Crippen LogP contribution in [0, 0.1) is 6.92 Å². The van der Waals surface area contributed by atoms with Crippen molar-refractivity contribution < 1.29 is 4.42 Å². The molecular formula is C11H12N2OS. The third-order valence-corrected chi connectivity index (χ3v) is 2.94. The Balaban J connectivity index is 1.96. The summed E-state index contributed by atoms with van der Waals surface area (Å²) >= 11 is 1.68. The van der Waals surface area contributed by atoms with Crippen LogP contribution < -0.4 is 5.73 Å². The van der Waals surface area contributed by atoms with Crippen LogP contribution >= 0.6 is 11.8 Å². The van der Waals surface area contributed by atoms with Crippen LogP contribution in [0.1, 0.15) is 11.5 Å². The predicted molar refractivity (Wildman–Crippen MR) is 61.7 cm³/mol. The fraction of sp³-hybridized carbons (Fsp3) is 0.182. The van der Waals surface area contributed by atoms with Gasteiger partial charge in [0.25, 0.3) is 0 Å². The van der Waals surface area contributed by atoms with Crippen molar-refractivity contribution in [1.29, 1.82) is 0 Å². The topological polar surface area (TPSA) is 52.0 Å². The van der Waals surface area contributed by atoms with Gasteiger partial charge in [-0.05, 0) is 31.2 Å². The van der Waals surface area contributed by atoms with Gasteiger partial charge in [-0.1, -0.05) is 0 Å². The van der Waals surface area contributed by atoms with Gasteiger partial charge in [-0.15, -0.1) is 11.8 Å². The maximum absolute atomic E-state index is 5.50. The highest BCUT2D eigenvalue weighted by Crippen LogP contribution is 2.23. The van der Waals surface area contributed by atoms with Crippen LogP contribution in [0.5, 0.6) is 0 Å². The molecule has 0 aliphatic carbocycles. The Morgan fingerprint density at radius 2 is 2.20 bits per heavy atom. The fourth-order valence-corrected chi connectivity index (χ4v) is 1.95. The number of nitrogens with two attached hydrogens (primary N) is 1. The molecule has 0 amide bonds. The summed E-state index contributed by atoms with van der Waals surface area (Å²) in [5, 5.41) is 0. The molecule has 0 atom stereocenters. The molecule has 3 nitrogen and oxygen atoms in total. The van der Waals surface area contributed by atoms with Crippen molar-refractivity contribution in [3.05, 3.63) is 42.0 Å². The minimum absolute atomic E-state index is 0.549. The predicted octanol–water partition coefficient (Wildman–Crippen LogP) is 2.86. The number of hydrogen-bond acceptors (Lipinski definition) is 4. The molecule has 78 valence electrons. The fourth-order valence-electron chi connectivity index (χ4n) is 1.19. The molecule has 0 spiro atoms. The van der Waals surface area contributed by atoms with Gasteiger partial charge in [-0.3, -0.25) is 0 Å². The minimum Gasteiger partial charge on any atom is -0.465 e. The summed E-state index contributed by atoms with van der Waals surface area (Å²) in [5.74, 6) is 3.29. The second-order valence-corrected chi connectivity index (χ2v) is 4.27. The van der Waals surface area contributed by atoms with Crippen LogP contribution in [0.4, 0.5) is 5.82 Å². The summed E-state index contributed by atoms with van der Waals surface area (Å²) < 4.78 is 5.46. The zero-order chi connectivity index (χ0) is 10.7. The van der Waals surface area contributed by atoms with Gasteiger partial charge in [-0.2, -0.15) is 0 Å². The van der Waals surface area contributed by atoms with E-state index in [1.807, 2.05) is 25.1 Å². The molecule has 0 aliphatic heterocycles. The summed E-state index contributed by atoms with van der Waals surface area (Å²) in [7, 11) is 0. The Morgan fingerprint density at radius 1 is 1.33 bits per heavy atom. The first kappa shape index (κ1) is 10.1. The molecule has 4 heteroatoms. The Bertz CT molecular complexity index is 436. The van der Waals surface area contributed by atoms with Gasteiger partial charge in [0.05, 0.1) is 5.75 Å². The molecule has 0 bridgehead atoms. The second-order valence-electron chi connectivity index (χ2n) is 3.22. The lowest BCUT2D eigenvalue weighted by molar-refractivity contribution is 0.501. The number of rotatable bonds is 3. The number of pyridine rings is 1. The van der Waals surface area contributed by atoms with E-state index < -0.39 is 0 Å². The number of nitrogen functional groups attached to an aromatic ring is 1. The molecule has 2 N–H and O–H groups in total. The number of furan rings is 1. The lowest BCUT2D eigenvalue weighted by atomic mass is 10.5. The first-order valence-electron chi connectivity index (χ1n) is 4.64. The lowest BCUT2D eigenvalue weighted by Gasteiger charge is -1.99. The maximum Gasteiger partial charge on any atom is 0.123 e. The molecule has 2 heterocycles. The minimum atomic E-state index is 0.549. The van der Waals surface area contributed by atoms with E-state index >= 15 is 0 Å². The molecule has 0 saturated heterocycles. The van der Waals surface area contributed by atoms with E-state index in [-0.39, 0.29) is 0 Å². The van der Waals surface area contributed by atoms with Crippen LogP contribution in [0.2, 0.25) is 0 Å². The van der Waals surface area contributed by atoms with E-state index in [0.717, 1.165) is 22.2 Å². The molecular weight excluding hydrogens is 208 g/mol. The average Bonchev–Trinajstić information content (AvgIpc) is 2.64. The van der Waals surface area contributed by atoms with Crippen molar-refractivity contribution in [2.75, 3.05) is 5.73 Å². The monoisotopic (exact) mass is 220 g/mol. The van der Waals surface area contributed by atoms with Crippen molar-refractivity contribution in [2.45, 2.75) is 17.6 Å². The molecule has 0 aromatic carbocycles. The number of aryl methyl sites for hydroxylation is 1. The van der Waals surface area contributed by atoms with E-state index in [4.69, 9.17) is 10.2 Å². The molecule has 0 aliphatic rings. The maximum atomic E-state index is 5.50. The van der Waals surface area contributed by atoms with Gasteiger partial charge in [-0.25, -0.2) is 4.98 Å². The number of aromatic nitrogens is 1. The summed E-state index contributed by atoms with van der Waals surface area (Å²) in [6, 6.07) is 7.72.